The van der Waals surface area contributed by atoms with E-state index in [1.165, 1.54) is 28.4 Å². The van der Waals surface area contributed by atoms with Gasteiger partial charge in [-0.05, 0) is 0 Å². The number of ether oxygens (including phenoxy) is 4. The molecule has 0 radical (unpaired) electrons. The van der Waals surface area contributed by atoms with Gasteiger partial charge < -0.3 is 18.9 Å². The van der Waals surface area contributed by atoms with Gasteiger partial charge in [-0.3, -0.25) is 4.79 Å². The van der Waals surface area contributed by atoms with Gasteiger partial charge in [-0.25, -0.2) is 0 Å². The van der Waals surface area contributed by atoms with Crippen LogP contribution >= 0.6 is 0 Å². The van der Waals surface area contributed by atoms with Crippen molar-refractivity contribution in [1.82, 2.24) is 0 Å². The molecule has 0 aromatic rings. The molecule has 1 atom stereocenters. The molecule has 84 valence electrons. The summed E-state index contributed by atoms with van der Waals surface area (Å²) in [6.45, 7) is 1.79. The predicted octanol–water partition coefficient (Wildman–Crippen LogP) is 0.779. The highest BCUT2D eigenvalue weighted by molar-refractivity contribution is 5.69. The highest BCUT2D eigenvalue weighted by atomic mass is 16.9. The first kappa shape index (κ1) is 13.4. The first-order valence-corrected chi connectivity index (χ1v) is 4.28. The van der Waals surface area contributed by atoms with Gasteiger partial charge in [-0.2, -0.15) is 0 Å². The molecule has 14 heavy (non-hydrogen) atoms. The first-order chi connectivity index (χ1) is 6.56. The summed E-state index contributed by atoms with van der Waals surface area (Å²) >= 11 is 0. The molecule has 0 rings (SSSR count). The molecule has 0 aromatic carbocycles. The smallest absolute Gasteiger partial charge is 0.306 e. The van der Waals surface area contributed by atoms with Gasteiger partial charge in [-0.1, -0.05) is 6.92 Å². The van der Waals surface area contributed by atoms with Crippen molar-refractivity contribution in [3.8, 4) is 0 Å². The summed E-state index contributed by atoms with van der Waals surface area (Å²) < 4.78 is 19.8. The SMILES string of the molecule is COC(=O)C[C@H](C)C(OC)(OC)OC. The number of hydrogen-bond acceptors (Lipinski definition) is 5. The van der Waals surface area contributed by atoms with E-state index in [9.17, 15) is 4.79 Å². The zero-order valence-corrected chi connectivity index (χ0v) is 9.33. The molecule has 0 saturated heterocycles. The van der Waals surface area contributed by atoms with Gasteiger partial charge in [0, 0.05) is 27.2 Å². The minimum absolute atomic E-state index is 0.173. The van der Waals surface area contributed by atoms with Crippen LogP contribution in [-0.4, -0.2) is 40.4 Å². The van der Waals surface area contributed by atoms with Gasteiger partial charge in [0.25, 0.3) is 5.97 Å². The van der Waals surface area contributed by atoms with Gasteiger partial charge in [0.15, 0.2) is 0 Å². The zero-order valence-electron chi connectivity index (χ0n) is 9.33. The lowest BCUT2D eigenvalue weighted by Gasteiger charge is -2.33. The predicted molar refractivity (Wildman–Crippen MR) is 49.6 cm³/mol. The molecule has 5 nitrogen and oxygen atoms in total. The van der Waals surface area contributed by atoms with Crippen LogP contribution in [0.2, 0.25) is 0 Å². The Hall–Kier alpha value is -0.650. The monoisotopic (exact) mass is 206 g/mol. The molecule has 5 heteroatoms. The fourth-order valence-corrected chi connectivity index (χ4v) is 1.31. The Bertz CT molecular complexity index is 168. The molecule has 0 aliphatic carbocycles. The summed E-state index contributed by atoms with van der Waals surface area (Å²) in [5, 5.41) is 0. The van der Waals surface area contributed by atoms with Gasteiger partial charge in [-0.15, -0.1) is 0 Å². The molecule has 0 saturated carbocycles. The summed E-state index contributed by atoms with van der Waals surface area (Å²) in [6.07, 6.45) is 0.173. The van der Waals surface area contributed by atoms with Crippen LogP contribution in [0.4, 0.5) is 0 Å². The molecule has 0 aliphatic heterocycles. The van der Waals surface area contributed by atoms with Crippen molar-refractivity contribution in [1.29, 1.82) is 0 Å². The van der Waals surface area contributed by atoms with Crippen molar-refractivity contribution in [2.45, 2.75) is 19.3 Å². The van der Waals surface area contributed by atoms with Crippen molar-refractivity contribution in [2.24, 2.45) is 5.92 Å². The molecule has 0 bridgehead atoms. The molecule has 0 N–H and O–H groups in total. The average molecular weight is 206 g/mol. The van der Waals surface area contributed by atoms with E-state index in [-0.39, 0.29) is 18.3 Å². The van der Waals surface area contributed by atoms with Gasteiger partial charge >= 0.3 is 5.97 Å². The van der Waals surface area contributed by atoms with E-state index in [0.29, 0.717) is 0 Å². The second kappa shape index (κ2) is 5.95. The quantitative estimate of drug-likeness (QED) is 0.475. The minimum Gasteiger partial charge on any atom is -0.469 e. The fraction of sp³-hybridized carbons (Fsp3) is 0.889. The van der Waals surface area contributed by atoms with Crippen LogP contribution in [0.1, 0.15) is 13.3 Å². The Morgan fingerprint density at radius 2 is 1.57 bits per heavy atom. The number of carbonyl (C=O) groups is 1. The zero-order chi connectivity index (χ0) is 11.2. The molecule has 0 amide bonds. The van der Waals surface area contributed by atoms with E-state index < -0.39 is 5.97 Å². The van der Waals surface area contributed by atoms with Crippen molar-refractivity contribution in [3.63, 3.8) is 0 Å². The summed E-state index contributed by atoms with van der Waals surface area (Å²) in [4.78, 5) is 11.0. The van der Waals surface area contributed by atoms with Crippen molar-refractivity contribution < 1.29 is 23.7 Å². The number of esters is 1. The van der Waals surface area contributed by atoms with E-state index in [0.717, 1.165) is 0 Å². The Balaban J connectivity index is 4.43. The molecule has 0 fully saturated rings. The van der Waals surface area contributed by atoms with Gasteiger partial charge in [0.1, 0.15) is 0 Å². The maximum Gasteiger partial charge on any atom is 0.306 e. The number of carbonyl (C=O) groups excluding carboxylic acids is 1. The van der Waals surface area contributed by atoms with Crippen LogP contribution in [0.25, 0.3) is 0 Å². The number of rotatable bonds is 6. The number of methoxy groups -OCH3 is 4. The maximum absolute atomic E-state index is 11.0. The fourth-order valence-electron chi connectivity index (χ4n) is 1.31. The van der Waals surface area contributed by atoms with Crippen molar-refractivity contribution >= 4 is 5.97 Å². The standard InChI is InChI=1S/C9H18O5/c1-7(6-8(10)11-2)9(12-3,13-4)14-5/h7H,6H2,1-5H3/t7-/m0/s1. The third kappa shape index (κ3) is 2.94. The van der Waals surface area contributed by atoms with E-state index in [1.54, 1.807) is 6.92 Å². The Morgan fingerprint density at radius 3 is 1.86 bits per heavy atom. The highest BCUT2D eigenvalue weighted by Crippen LogP contribution is 2.26. The van der Waals surface area contributed by atoms with E-state index in [2.05, 4.69) is 4.74 Å². The molecular weight excluding hydrogens is 188 g/mol. The van der Waals surface area contributed by atoms with E-state index in [1.807, 2.05) is 0 Å². The highest BCUT2D eigenvalue weighted by Gasteiger charge is 2.38. The normalized spacial score (nSPS) is 13.8. The first-order valence-electron chi connectivity index (χ1n) is 4.28. The lowest BCUT2D eigenvalue weighted by atomic mass is 10.1. The summed E-state index contributed by atoms with van der Waals surface area (Å²) in [6, 6.07) is 0. The molecule has 0 aromatic heterocycles. The van der Waals surface area contributed by atoms with Crippen LogP contribution < -0.4 is 0 Å². The Morgan fingerprint density at radius 1 is 1.14 bits per heavy atom. The molecule has 0 aliphatic rings. The van der Waals surface area contributed by atoms with Crippen LogP contribution in [0, 0.1) is 5.92 Å². The van der Waals surface area contributed by atoms with Gasteiger partial charge in [0.2, 0.25) is 0 Å². The topological polar surface area (TPSA) is 54.0 Å². The molecule has 0 heterocycles. The Labute approximate surface area is 84.3 Å². The van der Waals surface area contributed by atoms with Crippen molar-refractivity contribution in [2.75, 3.05) is 28.4 Å². The van der Waals surface area contributed by atoms with Crippen LogP contribution in [-0.2, 0) is 23.7 Å². The average Bonchev–Trinajstić information content (AvgIpc) is 2.21. The second-order valence-corrected chi connectivity index (χ2v) is 2.90. The van der Waals surface area contributed by atoms with E-state index in [4.69, 9.17) is 14.2 Å². The maximum atomic E-state index is 11.0. The summed E-state index contributed by atoms with van der Waals surface area (Å²) in [7, 11) is 5.71. The minimum atomic E-state index is -1.19. The third-order valence-corrected chi connectivity index (χ3v) is 2.16. The third-order valence-electron chi connectivity index (χ3n) is 2.16. The lowest BCUT2D eigenvalue weighted by Crippen LogP contribution is -2.43. The van der Waals surface area contributed by atoms with Crippen molar-refractivity contribution in [3.05, 3.63) is 0 Å². The molecular formula is C9H18O5. The summed E-state index contributed by atoms with van der Waals surface area (Å²) in [5.74, 6) is -1.77. The van der Waals surface area contributed by atoms with Crippen LogP contribution in [0.15, 0.2) is 0 Å². The van der Waals surface area contributed by atoms with Crippen LogP contribution in [0.5, 0.6) is 0 Å². The second-order valence-electron chi connectivity index (χ2n) is 2.90. The Kier molecular flexibility index (Phi) is 5.68. The summed E-state index contributed by atoms with van der Waals surface area (Å²) in [5.41, 5.74) is 0. The van der Waals surface area contributed by atoms with E-state index >= 15 is 0 Å². The van der Waals surface area contributed by atoms with Crippen LogP contribution in [0.3, 0.4) is 0 Å². The molecule has 0 spiro atoms. The van der Waals surface area contributed by atoms with Gasteiger partial charge in [0.05, 0.1) is 13.5 Å². The lowest BCUT2D eigenvalue weighted by molar-refractivity contribution is -0.376. The molecule has 0 unspecified atom stereocenters. The number of hydrogen-bond donors (Lipinski definition) is 0. The largest absolute Gasteiger partial charge is 0.469 e.